The number of piperidine rings is 1. The molecule has 3 amide bonds. The van der Waals surface area contributed by atoms with Crippen molar-refractivity contribution in [3.8, 4) is 0 Å². The fourth-order valence-electron chi connectivity index (χ4n) is 3.56. The molecular formula is C17H32N4O2. The van der Waals surface area contributed by atoms with Crippen LogP contribution in [0.4, 0.5) is 4.79 Å². The number of carbonyl (C=O) groups is 2. The summed E-state index contributed by atoms with van der Waals surface area (Å²) in [4.78, 5) is 29.9. The molecule has 0 radical (unpaired) electrons. The third kappa shape index (κ3) is 4.83. The maximum absolute atomic E-state index is 12.3. The standard InChI is InChI=1S/C17H32N4O2/c1-13(2)21-8-5-15(12-21)11-18-17(23)20-9-6-16(7-10-20)19(4)14(3)22/h13,15-16H,5-12H2,1-4H3,(H,18,23)/t15-/m1/s1. The van der Waals surface area contributed by atoms with Crippen LogP contribution in [0.3, 0.4) is 0 Å². The van der Waals surface area contributed by atoms with E-state index in [2.05, 4.69) is 24.1 Å². The van der Waals surface area contributed by atoms with Crippen molar-refractivity contribution < 1.29 is 9.59 Å². The molecule has 0 bridgehead atoms. The second kappa shape index (κ2) is 7.99. The van der Waals surface area contributed by atoms with Crippen molar-refractivity contribution in [3.63, 3.8) is 0 Å². The minimum atomic E-state index is 0.0527. The molecule has 0 aromatic heterocycles. The van der Waals surface area contributed by atoms with E-state index in [4.69, 9.17) is 0 Å². The Labute approximate surface area is 140 Å². The molecule has 1 N–H and O–H groups in total. The van der Waals surface area contributed by atoms with Crippen molar-refractivity contribution in [3.05, 3.63) is 0 Å². The number of nitrogens with zero attached hydrogens (tertiary/aromatic N) is 3. The largest absolute Gasteiger partial charge is 0.343 e. The molecule has 1 atom stereocenters. The van der Waals surface area contributed by atoms with E-state index in [1.165, 1.54) is 6.42 Å². The van der Waals surface area contributed by atoms with E-state index in [1.54, 1.807) is 11.8 Å². The minimum Gasteiger partial charge on any atom is -0.343 e. The van der Waals surface area contributed by atoms with Crippen LogP contribution >= 0.6 is 0 Å². The molecule has 6 heteroatoms. The topological polar surface area (TPSA) is 55.9 Å². The number of urea groups is 1. The van der Waals surface area contributed by atoms with E-state index in [9.17, 15) is 9.59 Å². The van der Waals surface area contributed by atoms with Crippen LogP contribution in [0, 0.1) is 5.92 Å². The maximum Gasteiger partial charge on any atom is 0.317 e. The van der Waals surface area contributed by atoms with Crippen molar-refractivity contribution in [2.24, 2.45) is 5.92 Å². The number of carbonyl (C=O) groups excluding carboxylic acids is 2. The van der Waals surface area contributed by atoms with Gasteiger partial charge in [-0.3, -0.25) is 4.79 Å². The van der Waals surface area contributed by atoms with Crippen LogP contribution in [-0.4, -0.2) is 78.5 Å². The summed E-state index contributed by atoms with van der Waals surface area (Å²) in [6.45, 7) is 10.5. The molecule has 0 aromatic rings. The molecule has 0 aliphatic carbocycles. The molecule has 0 unspecified atom stereocenters. The molecule has 2 aliphatic rings. The Morgan fingerprint density at radius 2 is 1.83 bits per heavy atom. The number of likely N-dealkylation sites (tertiary alicyclic amines) is 2. The molecule has 6 nitrogen and oxygen atoms in total. The Morgan fingerprint density at radius 3 is 2.35 bits per heavy atom. The first-order valence-electron chi connectivity index (χ1n) is 8.88. The number of amides is 3. The van der Waals surface area contributed by atoms with Crippen molar-refractivity contribution in [1.82, 2.24) is 20.0 Å². The Bertz CT molecular complexity index is 419. The SMILES string of the molecule is CC(=O)N(C)C1CCN(C(=O)NC[C@H]2CCN(C(C)C)C2)CC1. The van der Waals surface area contributed by atoms with Gasteiger partial charge in [0.15, 0.2) is 0 Å². The quantitative estimate of drug-likeness (QED) is 0.850. The summed E-state index contributed by atoms with van der Waals surface area (Å²) < 4.78 is 0. The first-order valence-corrected chi connectivity index (χ1v) is 8.88. The van der Waals surface area contributed by atoms with Crippen molar-refractivity contribution in [2.45, 2.75) is 52.1 Å². The van der Waals surface area contributed by atoms with Crippen LogP contribution in [0.2, 0.25) is 0 Å². The Hall–Kier alpha value is -1.30. The van der Waals surface area contributed by atoms with Gasteiger partial charge in [-0.05, 0) is 45.6 Å². The summed E-state index contributed by atoms with van der Waals surface area (Å²) in [5.74, 6) is 0.673. The Morgan fingerprint density at radius 1 is 1.17 bits per heavy atom. The normalized spacial score (nSPS) is 23.3. The van der Waals surface area contributed by atoms with E-state index in [1.807, 2.05) is 11.9 Å². The van der Waals surface area contributed by atoms with Gasteiger partial charge in [0.25, 0.3) is 0 Å². The van der Waals surface area contributed by atoms with Crippen LogP contribution in [0.25, 0.3) is 0 Å². The van der Waals surface area contributed by atoms with E-state index < -0.39 is 0 Å². The summed E-state index contributed by atoms with van der Waals surface area (Å²) in [7, 11) is 1.85. The van der Waals surface area contributed by atoms with Gasteiger partial charge in [0.1, 0.15) is 0 Å². The first kappa shape index (κ1) is 18.0. The molecular weight excluding hydrogens is 292 g/mol. The predicted octanol–water partition coefficient (Wildman–Crippen LogP) is 1.37. The molecule has 2 rings (SSSR count). The van der Waals surface area contributed by atoms with Gasteiger partial charge in [-0.2, -0.15) is 0 Å². The summed E-state index contributed by atoms with van der Waals surface area (Å²) in [6.07, 6.45) is 2.91. The second-order valence-corrected chi connectivity index (χ2v) is 7.28. The molecule has 132 valence electrons. The van der Waals surface area contributed by atoms with E-state index in [-0.39, 0.29) is 18.0 Å². The van der Waals surface area contributed by atoms with Gasteiger partial charge < -0.3 is 20.0 Å². The summed E-state index contributed by atoms with van der Waals surface area (Å²) >= 11 is 0. The summed E-state index contributed by atoms with van der Waals surface area (Å²) in [6, 6.07) is 0.913. The second-order valence-electron chi connectivity index (χ2n) is 7.28. The van der Waals surface area contributed by atoms with Crippen molar-refractivity contribution in [2.75, 3.05) is 39.8 Å². The van der Waals surface area contributed by atoms with E-state index in [0.717, 1.165) is 45.6 Å². The third-order valence-electron chi connectivity index (χ3n) is 5.39. The first-order chi connectivity index (χ1) is 10.9. The van der Waals surface area contributed by atoms with E-state index in [0.29, 0.717) is 12.0 Å². The average Bonchev–Trinajstić information content (AvgIpc) is 3.01. The van der Waals surface area contributed by atoms with Crippen molar-refractivity contribution >= 4 is 11.9 Å². The van der Waals surface area contributed by atoms with Crippen molar-refractivity contribution in [1.29, 1.82) is 0 Å². The predicted molar refractivity (Wildman–Crippen MR) is 91.3 cm³/mol. The molecule has 0 saturated carbocycles. The smallest absolute Gasteiger partial charge is 0.317 e. The highest BCUT2D eigenvalue weighted by Gasteiger charge is 2.28. The number of hydrogen-bond acceptors (Lipinski definition) is 3. The lowest BCUT2D eigenvalue weighted by molar-refractivity contribution is -0.130. The van der Waals surface area contributed by atoms with Gasteiger partial charge in [0, 0.05) is 52.2 Å². The fourth-order valence-corrected chi connectivity index (χ4v) is 3.56. The third-order valence-corrected chi connectivity index (χ3v) is 5.39. The van der Waals surface area contributed by atoms with Crippen LogP contribution in [0.15, 0.2) is 0 Å². The van der Waals surface area contributed by atoms with Gasteiger partial charge in [0.2, 0.25) is 5.91 Å². The van der Waals surface area contributed by atoms with Crippen LogP contribution in [0.5, 0.6) is 0 Å². The van der Waals surface area contributed by atoms with Gasteiger partial charge in [-0.1, -0.05) is 0 Å². The van der Waals surface area contributed by atoms with Gasteiger partial charge >= 0.3 is 6.03 Å². The monoisotopic (exact) mass is 324 g/mol. The molecule has 2 fully saturated rings. The zero-order valence-electron chi connectivity index (χ0n) is 15.0. The zero-order chi connectivity index (χ0) is 17.0. The number of hydrogen-bond donors (Lipinski definition) is 1. The van der Waals surface area contributed by atoms with Crippen LogP contribution < -0.4 is 5.32 Å². The Kier molecular flexibility index (Phi) is 6.27. The highest BCUT2D eigenvalue weighted by Crippen LogP contribution is 2.18. The van der Waals surface area contributed by atoms with Gasteiger partial charge in [0.05, 0.1) is 0 Å². The van der Waals surface area contributed by atoms with Crippen LogP contribution in [-0.2, 0) is 4.79 Å². The summed E-state index contributed by atoms with van der Waals surface area (Å²) in [5.41, 5.74) is 0. The van der Waals surface area contributed by atoms with Crippen LogP contribution in [0.1, 0.15) is 40.0 Å². The molecule has 2 heterocycles. The lowest BCUT2D eigenvalue weighted by atomic mass is 10.0. The van der Waals surface area contributed by atoms with E-state index >= 15 is 0 Å². The average molecular weight is 324 g/mol. The highest BCUT2D eigenvalue weighted by molar-refractivity contribution is 5.75. The molecule has 0 spiro atoms. The lowest BCUT2D eigenvalue weighted by Gasteiger charge is -2.36. The molecule has 2 aliphatic heterocycles. The van der Waals surface area contributed by atoms with Gasteiger partial charge in [-0.15, -0.1) is 0 Å². The lowest BCUT2D eigenvalue weighted by Crippen LogP contribution is -2.50. The highest BCUT2D eigenvalue weighted by atomic mass is 16.2. The number of rotatable bonds is 4. The zero-order valence-corrected chi connectivity index (χ0v) is 15.0. The maximum atomic E-state index is 12.3. The fraction of sp³-hybridized carbons (Fsp3) is 0.882. The molecule has 2 saturated heterocycles. The number of nitrogens with one attached hydrogen (secondary N) is 1. The molecule has 0 aromatic carbocycles. The van der Waals surface area contributed by atoms with Gasteiger partial charge in [-0.25, -0.2) is 4.79 Å². The minimum absolute atomic E-state index is 0.0527. The molecule has 23 heavy (non-hydrogen) atoms. The summed E-state index contributed by atoms with van der Waals surface area (Å²) in [5, 5.41) is 3.10. The Balaban J connectivity index is 1.69.